The maximum atomic E-state index is 5.07. The van der Waals surface area contributed by atoms with Crippen LogP contribution in [-0.2, 0) is 22.7 Å². The first-order valence-corrected chi connectivity index (χ1v) is 5.10. The molecule has 0 amide bonds. The summed E-state index contributed by atoms with van der Waals surface area (Å²) in [5, 5.41) is 0. The summed E-state index contributed by atoms with van der Waals surface area (Å²) in [6.45, 7) is 1.32. The lowest BCUT2D eigenvalue weighted by Crippen LogP contribution is -1.93. The van der Waals surface area contributed by atoms with Crippen molar-refractivity contribution in [2.75, 3.05) is 14.2 Å². The molecule has 3 heteroatoms. The summed E-state index contributed by atoms with van der Waals surface area (Å²) in [5.41, 5.74) is 2.39. The van der Waals surface area contributed by atoms with Gasteiger partial charge in [0.2, 0.25) is 0 Å². The number of ether oxygens (including phenoxy) is 2. The van der Waals surface area contributed by atoms with E-state index in [2.05, 4.69) is 40.8 Å². The highest BCUT2D eigenvalue weighted by atomic mass is 127. The van der Waals surface area contributed by atoms with Crippen LogP contribution in [0, 0.1) is 3.57 Å². The van der Waals surface area contributed by atoms with E-state index >= 15 is 0 Å². The predicted octanol–water partition coefficient (Wildman–Crippen LogP) is 2.58. The molecule has 13 heavy (non-hydrogen) atoms. The van der Waals surface area contributed by atoms with Crippen molar-refractivity contribution in [1.29, 1.82) is 0 Å². The minimum atomic E-state index is 0.660. The maximum absolute atomic E-state index is 5.07. The lowest BCUT2D eigenvalue weighted by molar-refractivity contribution is 0.180. The third-order valence-corrected chi connectivity index (χ3v) is 2.26. The van der Waals surface area contributed by atoms with Crippen LogP contribution in [0.15, 0.2) is 18.2 Å². The average molecular weight is 292 g/mol. The van der Waals surface area contributed by atoms with Gasteiger partial charge in [-0.15, -0.1) is 0 Å². The van der Waals surface area contributed by atoms with Crippen molar-refractivity contribution < 1.29 is 9.47 Å². The summed E-state index contributed by atoms with van der Waals surface area (Å²) in [5.74, 6) is 0. The van der Waals surface area contributed by atoms with Crippen molar-refractivity contribution in [1.82, 2.24) is 0 Å². The molecular formula is C10H13IO2. The van der Waals surface area contributed by atoms with Crippen LogP contribution in [0.25, 0.3) is 0 Å². The Morgan fingerprint density at radius 1 is 1.00 bits per heavy atom. The molecule has 1 aromatic carbocycles. The fraction of sp³-hybridized carbons (Fsp3) is 0.400. The molecule has 0 atom stereocenters. The molecule has 0 saturated carbocycles. The van der Waals surface area contributed by atoms with E-state index in [1.165, 1.54) is 14.7 Å². The van der Waals surface area contributed by atoms with Crippen molar-refractivity contribution >= 4 is 22.6 Å². The number of halogens is 1. The summed E-state index contributed by atoms with van der Waals surface area (Å²) in [6.07, 6.45) is 0. The molecule has 0 saturated heterocycles. The molecule has 2 nitrogen and oxygen atoms in total. The van der Waals surface area contributed by atoms with E-state index in [4.69, 9.17) is 9.47 Å². The Balaban J connectivity index is 2.83. The molecule has 0 fully saturated rings. The maximum Gasteiger partial charge on any atom is 0.0713 e. The molecule has 0 N–H and O–H groups in total. The summed E-state index contributed by atoms with van der Waals surface area (Å²) in [6, 6.07) is 6.33. The molecule has 72 valence electrons. The van der Waals surface area contributed by atoms with Gasteiger partial charge in [0.25, 0.3) is 0 Å². The zero-order valence-corrected chi connectivity index (χ0v) is 10.00. The zero-order valence-electron chi connectivity index (χ0n) is 7.84. The summed E-state index contributed by atoms with van der Waals surface area (Å²) < 4.78 is 11.4. The van der Waals surface area contributed by atoms with E-state index in [1.807, 2.05) is 0 Å². The average Bonchev–Trinajstić information content (AvgIpc) is 2.04. The summed E-state index contributed by atoms with van der Waals surface area (Å²) in [7, 11) is 3.41. The van der Waals surface area contributed by atoms with E-state index in [0.29, 0.717) is 13.2 Å². The Labute approximate surface area is 92.4 Å². The molecule has 0 aliphatic rings. The zero-order chi connectivity index (χ0) is 9.68. The Hall–Kier alpha value is -0.130. The summed E-state index contributed by atoms with van der Waals surface area (Å²) >= 11 is 2.30. The molecule has 0 aromatic heterocycles. The Bertz CT molecular complexity index is 249. The lowest BCUT2D eigenvalue weighted by Gasteiger charge is -2.05. The first-order valence-electron chi connectivity index (χ1n) is 4.02. The predicted molar refractivity (Wildman–Crippen MR) is 60.6 cm³/mol. The lowest BCUT2D eigenvalue weighted by atomic mass is 10.1. The topological polar surface area (TPSA) is 18.5 Å². The van der Waals surface area contributed by atoms with Gasteiger partial charge in [-0.25, -0.2) is 0 Å². The monoisotopic (exact) mass is 292 g/mol. The molecular weight excluding hydrogens is 279 g/mol. The van der Waals surface area contributed by atoms with Crippen LogP contribution >= 0.6 is 22.6 Å². The minimum Gasteiger partial charge on any atom is -0.380 e. The second-order valence-corrected chi connectivity index (χ2v) is 4.08. The fourth-order valence-electron chi connectivity index (χ4n) is 1.22. The van der Waals surface area contributed by atoms with E-state index < -0.39 is 0 Å². The van der Waals surface area contributed by atoms with Gasteiger partial charge < -0.3 is 9.47 Å². The molecule has 1 aromatic rings. The number of methoxy groups -OCH3 is 2. The number of hydrogen-bond acceptors (Lipinski definition) is 2. The number of benzene rings is 1. The Morgan fingerprint density at radius 3 is 1.85 bits per heavy atom. The minimum absolute atomic E-state index is 0.660. The van der Waals surface area contributed by atoms with Crippen molar-refractivity contribution in [2.45, 2.75) is 13.2 Å². The van der Waals surface area contributed by atoms with Gasteiger partial charge >= 0.3 is 0 Å². The van der Waals surface area contributed by atoms with E-state index in [1.54, 1.807) is 14.2 Å². The van der Waals surface area contributed by atoms with E-state index in [9.17, 15) is 0 Å². The van der Waals surface area contributed by atoms with Gasteiger partial charge in [-0.1, -0.05) is 6.07 Å². The van der Waals surface area contributed by atoms with Crippen molar-refractivity contribution in [2.24, 2.45) is 0 Å². The number of hydrogen-bond donors (Lipinski definition) is 0. The normalized spacial score (nSPS) is 10.4. The molecule has 0 aliphatic carbocycles. The standard InChI is InChI=1S/C10H13IO2/c1-12-6-8-3-9(7-13-2)5-10(11)4-8/h3-5H,6-7H2,1-2H3. The highest BCUT2D eigenvalue weighted by Crippen LogP contribution is 2.13. The van der Waals surface area contributed by atoms with Gasteiger partial charge in [0.1, 0.15) is 0 Å². The quantitative estimate of drug-likeness (QED) is 0.794. The second kappa shape index (κ2) is 5.57. The highest BCUT2D eigenvalue weighted by molar-refractivity contribution is 14.1. The SMILES string of the molecule is COCc1cc(I)cc(COC)c1. The van der Waals surface area contributed by atoms with Crippen LogP contribution in [0.2, 0.25) is 0 Å². The molecule has 0 radical (unpaired) electrons. The summed E-state index contributed by atoms with van der Waals surface area (Å²) in [4.78, 5) is 0. The van der Waals surface area contributed by atoms with Crippen molar-refractivity contribution in [3.05, 3.63) is 32.9 Å². The van der Waals surface area contributed by atoms with Crippen LogP contribution < -0.4 is 0 Å². The molecule has 0 unspecified atom stereocenters. The molecule has 0 bridgehead atoms. The van der Waals surface area contributed by atoms with Gasteiger partial charge in [-0.2, -0.15) is 0 Å². The fourth-order valence-corrected chi connectivity index (χ4v) is 2.02. The first kappa shape index (κ1) is 10.9. The van der Waals surface area contributed by atoms with Gasteiger partial charge in [0.05, 0.1) is 13.2 Å². The van der Waals surface area contributed by atoms with E-state index in [0.717, 1.165) is 0 Å². The van der Waals surface area contributed by atoms with Crippen molar-refractivity contribution in [3.63, 3.8) is 0 Å². The van der Waals surface area contributed by atoms with Crippen LogP contribution in [0.4, 0.5) is 0 Å². The van der Waals surface area contributed by atoms with Crippen LogP contribution in [0.3, 0.4) is 0 Å². The molecule has 0 heterocycles. The van der Waals surface area contributed by atoms with Gasteiger partial charge in [-0.3, -0.25) is 0 Å². The van der Waals surface area contributed by atoms with Gasteiger partial charge in [-0.05, 0) is 45.9 Å². The molecule has 0 aliphatic heterocycles. The Morgan fingerprint density at radius 2 is 1.46 bits per heavy atom. The highest BCUT2D eigenvalue weighted by Gasteiger charge is 1.98. The van der Waals surface area contributed by atoms with E-state index in [-0.39, 0.29) is 0 Å². The van der Waals surface area contributed by atoms with Crippen molar-refractivity contribution in [3.8, 4) is 0 Å². The number of rotatable bonds is 4. The smallest absolute Gasteiger partial charge is 0.0713 e. The largest absolute Gasteiger partial charge is 0.380 e. The third kappa shape index (κ3) is 3.62. The van der Waals surface area contributed by atoms with Crippen LogP contribution in [0.5, 0.6) is 0 Å². The van der Waals surface area contributed by atoms with Crippen LogP contribution in [0.1, 0.15) is 11.1 Å². The third-order valence-electron chi connectivity index (χ3n) is 1.64. The molecule has 0 spiro atoms. The second-order valence-electron chi connectivity index (χ2n) is 2.83. The van der Waals surface area contributed by atoms with Gasteiger partial charge in [0.15, 0.2) is 0 Å². The first-order chi connectivity index (χ1) is 6.26. The van der Waals surface area contributed by atoms with Gasteiger partial charge in [0, 0.05) is 17.8 Å². The van der Waals surface area contributed by atoms with Crippen LogP contribution in [-0.4, -0.2) is 14.2 Å². The molecule has 1 rings (SSSR count). The Kier molecular flexibility index (Phi) is 4.69.